The van der Waals surface area contributed by atoms with Gasteiger partial charge in [-0.3, -0.25) is 4.79 Å². The van der Waals surface area contributed by atoms with Gasteiger partial charge in [0.25, 0.3) is 5.91 Å². The van der Waals surface area contributed by atoms with Crippen molar-refractivity contribution in [2.75, 3.05) is 6.61 Å². The zero-order chi connectivity index (χ0) is 15.5. The molecule has 0 aromatic heterocycles. The fraction of sp³-hybridized carbons (Fsp3) is 0.714. The predicted octanol–water partition coefficient (Wildman–Crippen LogP) is 2.09. The van der Waals surface area contributed by atoms with Crippen molar-refractivity contribution in [1.29, 1.82) is 0 Å². The van der Waals surface area contributed by atoms with Gasteiger partial charge in [0, 0.05) is 6.61 Å². The van der Waals surface area contributed by atoms with Crippen LogP contribution in [0.4, 0.5) is 4.79 Å². The van der Waals surface area contributed by atoms with Crippen LogP contribution in [0.2, 0.25) is 0 Å². The van der Waals surface area contributed by atoms with Crippen molar-refractivity contribution in [3.8, 4) is 0 Å². The lowest BCUT2D eigenvalue weighted by atomic mass is 9.99. The molecule has 0 aromatic rings. The van der Waals surface area contributed by atoms with E-state index >= 15 is 0 Å². The molecule has 0 aliphatic carbocycles. The number of ether oxygens (including phenoxy) is 3. The number of rotatable bonds is 5. The Morgan fingerprint density at radius 3 is 2.55 bits per heavy atom. The summed E-state index contributed by atoms with van der Waals surface area (Å²) < 4.78 is 15.9. The Bertz CT molecular complexity index is 388. The molecule has 1 unspecified atom stereocenters. The van der Waals surface area contributed by atoms with Gasteiger partial charge in [-0.2, -0.15) is 0 Å². The van der Waals surface area contributed by atoms with Crippen LogP contribution >= 0.6 is 0 Å². The highest BCUT2D eigenvalue weighted by atomic mass is 16.7. The normalized spacial score (nSPS) is 24.1. The first-order valence-corrected chi connectivity index (χ1v) is 6.67. The fourth-order valence-electron chi connectivity index (χ4n) is 1.85. The maximum absolute atomic E-state index is 12.0. The van der Waals surface area contributed by atoms with Crippen LogP contribution in [0.15, 0.2) is 12.7 Å². The van der Waals surface area contributed by atoms with Gasteiger partial charge in [-0.05, 0) is 34.6 Å². The lowest BCUT2D eigenvalue weighted by Crippen LogP contribution is -2.67. The minimum absolute atomic E-state index is 0.435. The third kappa shape index (κ3) is 3.80. The van der Waals surface area contributed by atoms with Crippen molar-refractivity contribution in [2.45, 2.75) is 58.7 Å². The molecule has 0 saturated carbocycles. The van der Waals surface area contributed by atoms with Crippen LogP contribution in [0.3, 0.4) is 0 Å². The molecule has 2 amide bonds. The summed E-state index contributed by atoms with van der Waals surface area (Å²) in [7, 11) is 0. The van der Waals surface area contributed by atoms with Crippen molar-refractivity contribution >= 4 is 12.0 Å². The van der Waals surface area contributed by atoms with E-state index in [1.807, 2.05) is 6.92 Å². The zero-order valence-electron chi connectivity index (χ0n) is 12.7. The van der Waals surface area contributed by atoms with Crippen LogP contribution < -0.4 is 0 Å². The number of carbonyl (C=O) groups excluding carboxylic acids is 2. The molecule has 0 spiro atoms. The van der Waals surface area contributed by atoms with Crippen molar-refractivity contribution < 1.29 is 23.8 Å². The Balaban J connectivity index is 2.67. The van der Waals surface area contributed by atoms with Crippen LogP contribution in [-0.4, -0.2) is 47.5 Å². The number of likely N-dealkylation sites (tertiary alicyclic amines) is 1. The van der Waals surface area contributed by atoms with E-state index in [1.165, 1.54) is 6.08 Å². The molecule has 1 aliphatic rings. The first-order chi connectivity index (χ1) is 9.21. The third-order valence-corrected chi connectivity index (χ3v) is 2.66. The molecule has 1 heterocycles. The quantitative estimate of drug-likeness (QED) is 0.439. The second-order valence-electron chi connectivity index (χ2n) is 5.49. The Labute approximate surface area is 119 Å². The minimum atomic E-state index is -0.749. The maximum Gasteiger partial charge on any atom is 0.417 e. The van der Waals surface area contributed by atoms with Gasteiger partial charge in [0.1, 0.15) is 5.60 Å². The molecule has 0 aromatic carbocycles. The average Bonchev–Trinajstić information content (AvgIpc) is 2.30. The van der Waals surface area contributed by atoms with Crippen LogP contribution in [0.5, 0.6) is 0 Å². The summed E-state index contributed by atoms with van der Waals surface area (Å²) in [5.74, 6) is -0.435. The SMILES string of the molecule is C=C[C@H]1[C@@H](OC(C)OCC)C(=O)N1C(=O)OC(C)(C)C. The monoisotopic (exact) mass is 285 g/mol. The average molecular weight is 285 g/mol. The topological polar surface area (TPSA) is 65.1 Å². The van der Waals surface area contributed by atoms with E-state index in [4.69, 9.17) is 14.2 Å². The smallest absolute Gasteiger partial charge is 0.417 e. The highest BCUT2D eigenvalue weighted by molar-refractivity contribution is 6.01. The van der Waals surface area contributed by atoms with Gasteiger partial charge < -0.3 is 14.2 Å². The predicted molar refractivity (Wildman–Crippen MR) is 73.0 cm³/mol. The second kappa shape index (κ2) is 6.37. The first-order valence-electron chi connectivity index (χ1n) is 6.67. The van der Waals surface area contributed by atoms with Crippen molar-refractivity contribution in [1.82, 2.24) is 4.90 Å². The van der Waals surface area contributed by atoms with E-state index in [0.29, 0.717) is 6.61 Å². The highest BCUT2D eigenvalue weighted by Gasteiger charge is 2.52. The Morgan fingerprint density at radius 2 is 2.10 bits per heavy atom. The fourth-order valence-corrected chi connectivity index (χ4v) is 1.85. The van der Waals surface area contributed by atoms with Gasteiger partial charge in [-0.15, -0.1) is 6.58 Å². The van der Waals surface area contributed by atoms with Crippen LogP contribution in [0.1, 0.15) is 34.6 Å². The van der Waals surface area contributed by atoms with E-state index < -0.39 is 36.0 Å². The number of imide groups is 1. The first kappa shape index (κ1) is 16.7. The summed E-state index contributed by atoms with van der Waals surface area (Å²) in [6.07, 6.45) is -0.454. The molecule has 3 atom stereocenters. The number of β-lactam (4-membered cyclic amide) rings is 1. The molecule has 1 fully saturated rings. The van der Waals surface area contributed by atoms with E-state index in [0.717, 1.165) is 4.90 Å². The summed E-state index contributed by atoms with van der Waals surface area (Å²) in [6, 6.07) is -0.528. The van der Waals surface area contributed by atoms with Gasteiger partial charge in [0.2, 0.25) is 0 Å². The minimum Gasteiger partial charge on any atom is -0.443 e. The van der Waals surface area contributed by atoms with Crippen LogP contribution in [-0.2, 0) is 19.0 Å². The number of carbonyl (C=O) groups is 2. The molecule has 1 saturated heterocycles. The number of hydrogen-bond acceptors (Lipinski definition) is 5. The highest BCUT2D eigenvalue weighted by Crippen LogP contribution is 2.27. The van der Waals surface area contributed by atoms with Gasteiger partial charge >= 0.3 is 6.09 Å². The molecule has 6 heteroatoms. The molecule has 0 bridgehead atoms. The lowest BCUT2D eigenvalue weighted by molar-refractivity contribution is -0.205. The second-order valence-corrected chi connectivity index (χ2v) is 5.49. The van der Waals surface area contributed by atoms with E-state index in [1.54, 1.807) is 27.7 Å². The van der Waals surface area contributed by atoms with Crippen LogP contribution in [0, 0.1) is 0 Å². The molecule has 6 nitrogen and oxygen atoms in total. The maximum atomic E-state index is 12.0. The lowest BCUT2D eigenvalue weighted by Gasteiger charge is -2.44. The Kier molecular flexibility index (Phi) is 5.30. The summed E-state index contributed by atoms with van der Waals surface area (Å²) >= 11 is 0. The van der Waals surface area contributed by atoms with E-state index in [2.05, 4.69) is 6.58 Å². The Hall–Kier alpha value is -1.40. The number of nitrogens with zero attached hydrogens (tertiary/aromatic N) is 1. The molecule has 1 aliphatic heterocycles. The number of amides is 2. The van der Waals surface area contributed by atoms with Crippen molar-refractivity contribution in [3.05, 3.63) is 12.7 Å². The summed E-state index contributed by atoms with van der Waals surface area (Å²) in [5, 5.41) is 0. The molecule has 114 valence electrons. The van der Waals surface area contributed by atoms with E-state index in [9.17, 15) is 9.59 Å². The molecule has 20 heavy (non-hydrogen) atoms. The van der Waals surface area contributed by atoms with E-state index in [-0.39, 0.29) is 0 Å². The molecule has 0 N–H and O–H groups in total. The van der Waals surface area contributed by atoms with Gasteiger partial charge in [-0.1, -0.05) is 6.08 Å². The third-order valence-electron chi connectivity index (χ3n) is 2.66. The summed E-state index contributed by atoms with van der Waals surface area (Å²) in [6.45, 7) is 12.9. The van der Waals surface area contributed by atoms with Crippen LogP contribution in [0.25, 0.3) is 0 Å². The summed E-state index contributed by atoms with van der Waals surface area (Å²) in [4.78, 5) is 24.9. The van der Waals surface area contributed by atoms with Crippen molar-refractivity contribution in [2.24, 2.45) is 0 Å². The molecule has 0 radical (unpaired) electrons. The largest absolute Gasteiger partial charge is 0.443 e. The van der Waals surface area contributed by atoms with Crippen molar-refractivity contribution in [3.63, 3.8) is 0 Å². The zero-order valence-corrected chi connectivity index (χ0v) is 12.7. The number of hydrogen-bond donors (Lipinski definition) is 0. The van der Waals surface area contributed by atoms with Gasteiger partial charge in [0.05, 0.1) is 6.04 Å². The van der Waals surface area contributed by atoms with Gasteiger partial charge in [-0.25, -0.2) is 9.69 Å². The van der Waals surface area contributed by atoms with Gasteiger partial charge in [0.15, 0.2) is 12.4 Å². The molecular formula is C14H23NO5. The molecule has 1 rings (SSSR count). The molecular weight excluding hydrogens is 262 g/mol. The Morgan fingerprint density at radius 1 is 1.50 bits per heavy atom. The standard InChI is InChI=1S/C14H23NO5/c1-7-10-11(19-9(3)18-8-2)12(16)15(10)13(17)20-14(4,5)6/h7,9-11H,1,8H2,2-6H3/t9?,10-,11+/m0/s1. The summed E-state index contributed by atoms with van der Waals surface area (Å²) in [5.41, 5.74) is -0.659.